The first-order valence-corrected chi connectivity index (χ1v) is 5.50. The van der Waals surface area contributed by atoms with E-state index in [-0.39, 0.29) is 6.04 Å². The molecule has 1 aromatic rings. The number of hydrogen-bond acceptors (Lipinski definition) is 3. The Morgan fingerprint density at radius 1 is 1.71 bits per heavy atom. The van der Waals surface area contributed by atoms with Gasteiger partial charge in [0.2, 0.25) is 0 Å². The zero-order valence-electron chi connectivity index (χ0n) is 7.84. The number of halogens is 2. The Labute approximate surface area is 96.7 Å². The lowest BCUT2D eigenvalue weighted by Gasteiger charge is -2.10. The highest BCUT2D eigenvalue weighted by molar-refractivity contribution is 9.10. The minimum Gasteiger partial charge on any atom is -0.490 e. The molecule has 1 atom stereocenters. The quantitative estimate of drug-likeness (QED) is 0.862. The van der Waals surface area contributed by atoms with Crippen LogP contribution in [0.5, 0.6) is 5.75 Å². The van der Waals surface area contributed by atoms with Crippen molar-refractivity contribution in [1.82, 2.24) is 4.98 Å². The summed E-state index contributed by atoms with van der Waals surface area (Å²) < 4.78 is 6.14. The van der Waals surface area contributed by atoms with Crippen molar-refractivity contribution >= 4 is 27.5 Å². The van der Waals surface area contributed by atoms with E-state index in [0.717, 1.165) is 10.9 Å². The number of nitrogens with zero attached hydrogens (tertiary/aromatic N) is 1. The zero-order chi connectivity index (χ0) is 10.6. The van der Waals surface area contributed by atoms with Crippen molar-refractivity contribution in [1.29, 1.82) is 0 Å². The van der Waals surface area contributed by atoms with Gasteiger partial charge in [-0.25, -0.2) is 4.98 Å². The van der Waals surface area contributed by atoms with Gasteiger partial charge in [-0.2, -0.15) is 0 Å². The Balaban J connectivity index is 2.55. The summed E-state index contributed by atoms with van der Waals surface area (Å²) >= 11 is 9.00. The summed E-state index contributed by atoms with van der Waals surface area (Å²) in [4.78, 5) is 3.94. The molecule has 0 spiro atoms. The second kappa shape index (κ2) is 5.53. The molecular formula is C9H12BrClN2O. The average molecular weight is 280 g/mol. The first-order chi connectivity index (χ1) is 6.63. The van der Waals surface area contributed by atoms with E-state index in [1.165, 1.54) is 0 Å². The van der Waals surface area contributed by atoms with Crippen molar-refractivity contribution in [3.63, 3.8) is 0 Å². The molecule has 0 unspecified atom stereocenters. The van der Waals surface area contributed by atoms with Gasteiger partial charge in [0.1, 0.15) is 17.5 Å². The van der Waals surface area contributed by atoms with Crippen LogP contribution in [-0.2, 0) is 0 Å². The number of pyridine rings is 1. The Morgan fingerprint density at radius 3 is 3.00 bits per heavy atom. The summed E-state index contributed by atoms with van der Waals surface area (Å²) in [6.45, 7) is 2.51. The molecule has 1 rings (SSSR count). The molecule has 0 bridgehead atoms. The molecule has 0 aliphatic carbocycles. The van der Waals surface area contributed by atoms with Gasteiger partial charge in [-0.3, -0.25) is 0 Å². The van der Waals surface area contributed by atoms with Crippen LogP contribution in [0, 0.1) is 0 Å². The fraction of sp³-hybridized carbons (Fsp3) is 0.444. The third-order valence-electron chi connectivity index (χ3n) is 1.76. The highest BCUT2D eigenvalue weighted by Crippen LogP contribution is 2.24. The first kappa shape index (κ1) is 11.8. The highest BCUT2D eigenvalue weighted by atomic mass is 79.9. The molecule has 0 amide bonds. The second-order valence-electron chi connectivity index (χ2n) is 2.92. The van der Waals surface area contributed by atoms with Crippen molar-refractivity contribution in [3.8, 4) is 5.75 Å². The van der Waals surface area contributed by atoms with Gasteiger partial charge in [-0.05, 0) is 28.4 Å². The Morgan fingerprint density at radius 2 is 2.43 bits per heavy atom. The molecule has 2 N–H and O–H groups in total. The Bertz CT molecular complexity index is 309. The molecule has 0 radical (unpaired) electrons. The van der Waals surface area contributed by atoms with Crippen molar-refractivity contribution in [2.75, 3.05) is 6.61 Å². The second-order valence-corrected chi connectivity index (χ2v) is 4.14. The zero-order valence-corrected chi connectivity index (χ0v) is 10.2. The SMILES string of the molecule is CC[C@@H](N)COc1cnc(Cl)c(Br)c1. The van der Waals surface area contributed by atoms with Gasteiger partial charge in [0, 0.05) is 6.04 Å². The molecule has 0 saturated carbocycles. The molecular weight excluding hydrogens is 267 g/mol. The first-order valence-electron chi connectivity index (χ1n) is 4.33. The van der Waals surface area contributed by atoms with E-state index in [9.17, 15) is 0 Å². The van der Waals surface area contributed by atoms with Crippen LogP contribution in [0.3, 0.4) is 0 Å². The molecule has 1 heterocycles. The topological polar surface area (TPSA) is 48.1 Å². The maximum absolute atomic E-state index is 5.73. The largest absolute Gasteiger partial charge is 0.490 e. The lowest BCUT2D eigenvalue weighted by atomic mass is 10.3. The summed E-state index contributed by atoms with van der Waals surface area (Å²) in [5.41, 5.74) is 5.71. The van der Waals surface area contributed by atoms with Crippen LogP contribution in [0.25, 0.3) is 0 Å². The van der Waals surface area contributed by atoms with Crippen LogP contribution in [0.4, 0.5) is 0 Å². The van der Waals surface area contributed by atoms with Crippen molar-refractivity contribution in [3.05, 3.63) is 21.9 Å². The molecule has 1 aromatic heterocycles. The number of ether oxygens (including phenoxy) is 1. The lowest BCUT2D eigenvalue weighted by molar-refractivity contribution is 0.284. The molecule has 3 nitrogen and oxygen atoms in total. The summed E-state index contributed by atoms with van der Waals surface area (Å²) in [5, 5.41) is 0.428. The van der Waals surface area contributed by atoms with Gasteiger partial charge in [-0.1, -0.05) is 18.5 Å². The summed E-state index contributed by atoms with van der Waals surface area (Å²) in [7, 11) is 0. The number of nitrogens with two attached hydrogens (primary N) is 1. The van der Waals surface area contributed by atoms with Crippen LogP contribution < -0.4 is 10.5 Å². The fourth-order valence-electron chi connectivity index (χ4n) is 0.804. The van der Waals surface area contributed by atoms with E-state index in [4.69, 9.17) is 22.1 Å². The molecule has 0 aliphatic rings. The fourth-order valence-corrected chi connectivity index (χ4v) is 1.24. The molecule has 0 fully saturated rings. The van der Waals surface area contributed by atoms with E-state index in [2.05, 4.69) is 20.9 Å². The van der Waals surface area contributed by atoms with E-state index in [0.29, 0.717) is 17.5 Å². The summed E-state index contributed by atoms with van der Waals surface area (Å²) in [5.74, 6) is 0.671. The maximum atomic E-state index is 5.73. The third-order valence-corrected chi connectivity index (χ3v) is 2.89. The Kier molecular flexibility index (Phi) is 4.65. The van der Waals surface area contributed by atoms with Crippen molar-refractivity contribution in [2.45, 2.75) is 19.4 Å². The molecule has 0 aliphatic heterocycles. The van der Waals surface area contributed by atoms with E-state index in [1.807, 2.05) is 6.92 Å². The maximum Gasteiger partial charge on any atom is 0.143 e. The van der Waals surface area contributed by atoms with E-state index < -0.39 is 0 Å². The van der Waals surface area contributed by atoms with Gasteiger partial charge < -0.3 is 10.5 Å². The van der Waals surface area contributed by atoms with Gasteiger partial charge in [0.05, 0.1) is 10.7 Å². The van der Waals surface area contributed by atoms with Gasteiger partial charge in [-0.15, -0.1) is 0 Å². The molecule has 5 heteroatoms. The smallest absolute Gasteiger partial charge is 0.143 e. The van der Waals surface area contributed by atoms with Gasteiger partial charge in [0.25, 0.3) is 0 Å². The molecule has 78 valence electrons. The average Bonchev–Trinajstić information content (AvgIpc) is 2.19. The van der Waals surface area contributed by atoms with Crippen LogP contribution >= 0.6 is 27.5 Å². The summed E-state index contributed by atoms with van der Waals surface area (Å²) in [6, 6.07) is 1.84. The minimum absolute atomic E-state index is 0.0597. The predicted octanol–water partition coefficient (Wildman–Crippen LogP) is 2.61. The van der Waals surface area contributed by atoms with Crippen molar-refractivity contribution in [2.24, 2.45) is 5.73 Å². The van der Waals surface area contributed by atoms with Gasteiger partial charge in [0.15, 0.2) is 0 Å². The third kappa shape index (κ3) is 3.44. The van der Waals surface area contributed by atoms with Crippen LogP contribution in [0.2, 0.25) is 5.15 Å². The van der Waals surface area contributed by atoms with Gasteiger partial charge >= 0.3 is 0 Å². The lowest BCUT2D eigenvalue weighted by Crippen LogP contribution is -2.26. The Hall–Kier alpha value is -0.320. The highest BCUT2D eigenvalue weighted by Gasteiger charge is 2.03. The monoisotopic (exact) mass is 278 g/mol. The molecule has 14 heavy (non-hydrogen) atoms. The van der Waals surface area contributed by atoms with Crippen molar-refractivity contribution < 1.29 is 4.74 Å². The van der Waals surface area contributed by atoms with Crippen LogP contribution in [0.1, 0.15) is 13.3 Å². The molecule has 0 saturated heterocycles. The van der Waals surface area contributed by atoms with E-state index in [1.54, 1.807) is 12.3 Å². The normalized spacial score (nSPS) is 12.6. The number of aromatic nitrogens is 1. The standard InChI is InChI=1S/C9H12BrClN2O/c1-2-6(12)5-14-7-3-8(10)9(11)13-4-7/h3-4,6H,2,5,12H2,1H3/t6-/m1/s1. The number of hydrogen-bond donors (Lipinski definition) is 1. The predicted molar refractivity (Wildman–Crippen MR) is 60.7 cm³/mol. The van der Waals surface area contributed by atoms with Crippen LogP contribution in [-0.4, -0.2) is 17.6 Å². The minimum atomic E-state index is 0.0597. The summed E-state index contributed by atoms with van der Waals surface area (Å²) in [6.07, 6.45) is 2.47. The molecule has 0 aromatic carbocycles. The van der Waals surface area contributed by atoms with Crippen LogP contribution in [0.15, 0.2) is 16.7 Å². The number of rotatable bonds is 4. The van der Waals surface area contributed by atoms with E-state index >= 15 is 0 Å².